The standard InChI is InChI=1S/C8H6ClF2N3S/c1-14-3-4(2-12-14)8-13-5(7(10)11)6(9)15-8/h2-3,7H,1H3. The first-order valence-electron chi connectivity index (χ1n) is 4.01. The number of halogens is 3. The molecule has 0 saturated heterocycles. The molecule has 0 unspecified atom stereocenters. The molecule has 0 saturated carbocycles. The van der Waals surface area contributed by atoms with Crippen LogP contribution >= 0.6 is 22.9 Å². The number of alkyl halides is 2. The van der Waals surface area contributed by atoms with Gasteiger partial charge in [-0.3, -0.25) is 4.68 Å². The monoisotopic (exact) mass is 249 g/mol. The van der Waals surface area contributed by atoms with Crippen molar-refractivity contribution < 1.29 is 8.78 Å². The number of rotatable bonds is 2. The maximum absolute atomic E-state index is 12.4. The van der Waals surface area contributed by atoms with Gasteiger partial charge in [0.2, 0.25) is 0 Å². The fraction of sp³-hybridized carbons (Fsp3) is 0.250. The van der Waals surface area contributed by atoms with Crippen molar-refractivity contribution in [1.29, 1.82) is 0 Å². The molecule has 0 spiro atoms. The molecule has 0 atom stereocenters. The topological polar surface area (TPSA) is 30.7 Å². The minimum atomic E-state index is -2.64. The van der Waals surface area contributed by atoms with E-state index in [-0.39, 0.29) is 10.0 Å². The van der Waals surface area contributed by atoms with Crippen LogP contribution in [0, 0.1) is 0 Å². The summed E-state index contributed by atoms with van der Waals surface area (Å²) < 4.78 is 26.4. The van der Waals surface area contributed by atoms with E-state index in [0.717, 1.165) is 11.3 Å². The molecule has 0 aliphatic carbocycles. The zero-order valence-corrected chi connectivity index (χ0v) is 9.19. The fourth-order valence-electron chi connectivity index (χ4n) is 1.10. The van der Waals surface area contributed by atoms with Crippen molar-refractivity contribution in [2.45, 2.75) is 6.43 Å². The van der Waals surface area contributed by atoms with E-state index in [1.807, 2.05) is 0 Å². The van der Waals surface area contributed by atoms with E-state index in [0.29, 0.717) is 10.6 Å². The molecule has 7 heteroatoms. The average Bonchev–Trinajstić information content (AvgIpc) is 2.71. The molecule has 80 valence electrons. The van der Waals surface area contributed by atoms with E-state index in [2.05, 4.69) is 10.1 Å². The second-order valence-corrected chi connectivity index (χ2v) is 4.48. The Morgan fingerprint density at radius 3 is 2.73 bits per heavy atom. The van der Waals surface area contributed by atoms with Crippen molar-refractivity contribution in [2.75, 3.05) is 0 Å². The third kappa shape index (κ3) is 2.00. The molecule has 0 bridgehead atoms. The first-order chi connectivity index (χ1) is 7.08. The number of thiazole rings is 1. The van der Waals surface area contributed by atoms with E-state index in [1.165, 1.54) is 0 Å². The maximum atomic E-state index is 12.4. The molecule has 15 heavy (non-hydrogen) atoms. The van der Waals surface area contributed by atoms with Crippen molar-refractivity contribution in [1.82, 2.24) is 14.8 Å². The highest BCUT2D eigenvalue weighted by Gasteiger charge is 2.19. The lowest BCUT2D eigenvalue weighted by Crippen LogP contribution is -1.85. The predicted octanol–water partition coefficient (Wildman–Crippen LogP) is 3.13. The van der Waals surface area contributed by atoms with Gasteiger partial charge >= 0.3 is 0 Å². The molecular weight excluding hydrogens is 244 g/mol. The Balaban J connectivity index is 2.42. The summed E-state index contributed by atoms with van der Waals surface area (Å²) in [6.07, 6.45) is 0.619. The highest BCUT2D eigenvalue weighted by Crippen LogP contribution is 2.35. The van der Waals surface area contributed by atoms with Crippen molar-refractivity contribution in [3.8, 4) is 10.6 Å². The van der Waals surface area contributed by atoms with Crippen LogP contribution in [0.15, 0.2) is 12.4 Å². The highest BCUT2D eigenvalue weighted by atomic mass is 35.5. The molecule has 2 aromatic heterocycles. The van der Waals surface area contributed by atoms with Crippen LogP contribution in [-0.2, 0) is 7.05 Å². The van der Waals surface area contributed by atoms with Crippen molar-refractivity contribution >= 4 is 22.9 Å². The highest BCUT2D eigenvalue weighted by molar-refractivity contribution is 7.19. The summed E-state index contributed by atoms with van der Waals surface area (Å²) in [6.45, 7) is 0. The third-order valence-corrected chi connectivity index (χ3v) is 3.10. The van der Waals surface area contributed by atoms with Crippen LogP contribution < -0.4 is 0 Å². The average molecular weight is 250 g/mol. The van der Waals surface area contributed by atoms with Crippen molar-refractivity contribution in [3.05, 3.63) is 22.4 Å². The van der Waals surface area contributed by atoms with Gasteiger partial charge in [-0.25, -0.2) is 13.8 Å². The van der Waals surface area contributed by atoms with Crippen LogP contribution in [-0.4, -0.2) is 14.8 Å². The Morgan fingerprint density at radius 1 is 1.53 bits per heavy atom. The summed E-state index contributed by atoms with van der Waals surface area (Å²) in [5.74, 6) is 0. The molecule has 0 N–H and O–H groups in total. The molecule has 2 rings (SSSR count). The van der Waals surface area contributed by atoms with E-state index in [9.17, 15) is 8.78 Å². The van der Waals surface area contributed by atoms with Gasteiger partial charge < -0.3 is 0 Å². The zero-order valence-electron chi connectivity index (χ0n) is 7.62. The number of hydrogen-bond donors (Lipinski definition) is 0. The van der Waals surface area contributed by atoms with Gasteiger partial charge in [0.15, 0.2) is 0 Å². The van der Waals surface area contributed by atoms with E-state index < -0.39 is 6.43 Å². The molecule has 0 aromatic carbocycles. The Labute approximate surface area is 93.3 Å². The Bertz CT molecular complexity index is 480. The summed E-state index contributed by atoms with van der Waals surface area (Å²) in [5, 5.41) is 4.39. The van der Waals surface area contributed by atoms with Gasteiger partial charge in [0.1, 0.15) is 15.0 Å². The van der Waals surface area contributed by atoms with Gasteiger partial charge in [0.25, 0.3) is 6.43 Å². The summed E-state index contributed by atoms with van der Waals surface area (Å²) in [6, 6.07) is 0. The second kappa shape index (κ2) is 3.86. The van der Waals surface area contributed by atoms with Crippen LogP contribution in [0.2, 0.25) is 4.34 Å². The maximum Gasteiger partial charge on any atom is 0.282 e. The summed E-state index contributed by atoms with van der Waals surface area (Å²) in [4.78, 5) is 3.78. The number of aromatic nitrogens is 3. The largest absolute Gasteiger partial charge is 0.282 e. The zero-order chi connectivity index (χ0) is 11.0. The van der Waals surface area contributed by atoms with Crippen LogP contribution in [0.25, 0.3) is 10.6 Å². The molecule has 0 aliphatic rings. The summed E-state index contributed by atoms with van der Waals surface area (Å²) in [5.41, 5.74) is 0.330. The first kappa shape index (κ1) is 10.5. The minimum Gasteiger partial charge on any atom is -0.275 e. The van der Waals surface area contributed by atoms with E-state index >= 15 is 0 Å². The number of nitrogens with zero attached hydrogens (tertiary/aromatic N) is 3. The molecule has 0 amide bonds. The van der Waals surface area contributed by atoms with Gasteiger partial charge in [-0.15, -0.1) is 11.3 Å². The van der Waals surface area contributed by atoms with Crippen LogP contribution in [0.1, 0.15) is 12.1 Å². The molecular formula is C8H6ClF2N3S. The molecule has 0 fully saturated rings. The van der Waals surface area contributed by atoms with Gasteiger partial charge in [-0.05, 0) is 0 Å². The fourth-order valence-corrected chi connectivity index (χ4v) is 2.22. The SMILES string of the molecule is Cn1cc(-c2nc(C(F)F)c(Cl)s2)cn1. The number of hydrogen-bond acceptors (Lipinski definition) is 3. The lowest BCUT2D eigenvalue weighted by molar-refractivity contribution is 0.147. The van der Waals surface area contributed by atoms with Crippen LogP contribution in [0.3, 0.4) is 0 Å². The van der Waals surface area contributed by atoms with Gasteiger partial charge in [-0.2, -0.15) is 5.10 Å². The predicted molar refractivity (Wildman–Crippen MR) is 54.3 cm³/mol. The Hall–Kier alpha value is -1.01. The molecule has 0 radical (unpaired) electrons. The molecule has 3 nitrogen and oxygen atoms in total. The van der Waals surface area contributed by atoms with Crippen molar-refractivity contribution in [3.63, 3.8) is 0 Å². The van der Waals surface area contributed by atoms with Crippen molar-refractivity contribution in [2.24, 2.45) is 7.05 Å². The first-order valence-corrected chi connectivity index (χ1v) is 5.20. The lowest BCUT2D eigenvalue weighted by atomic mass is 10.4. The van der Waals surface area contributed by atoms with Crippen LogP contribution in [0.5, 0.6) is 0 Å². The van der Waals surface area contributed by atoms with Gasteiger partial charge in [-0.1, -0.05) is 11.6 Å². The summed E-state index contributed by atoms with van der Waals surface area (Å²) in [7, 11) is 1.74. The normalized spacial score (nSPS) is 11.3. The minimum absolute atomic E-state index is 0.0313. The quantitative estimate of drug-likeness (QED) is 0.819. The molecule has 0 aliphatic heterocycles. The van der Waals surface area contributed by atoms with Crippen LogP contribution in [0.4, 0.5) is 8.78 Å². The Kier molecular flexibility index (Phi) is 2.70. The van der Waals surface area contributed by atoms with Gasteiger partial charge in [0.05, 0.1) is 6.20 Å². The molecule has 2 heterocycles. The lowest BCUT2D eigenvalue weighted by Gasteiger charge is -1.91. The summed E-state index contributed by atoms with van der Waals surface area (Å²) >= 11 is 6.68. The molecule has 2 aromatic rings. The second-order valence-electron chi connectivity index (χ2n) is 2.88. The van der Waals surface area contributed by atoms with E-state index in [1.54, 1.807) is 24.1 Å². The number of aryl methyl sites for hydroxylation is 1. The Morgan fingerprint density at radius 2 is 2.27 bits per heavy atom. The van der Waals surface area contributed by atoms with Gasteiger partial charge in [0, 0.05) is 18.8 Å². The third-order valence-electron chi connectivity index (χ3n) is 1.77. The smallest absolute Gasteiger partial charge is 0.275 e. The van der Waals surface area contributed by atoms with E-state index in [4.69, 9.17) is 11.6 Å².